The first-order chi connectivity index (χ1) is 21.6. The van der Waals surface area contributed by atoms with Crippen molar-refractivity contribution in [2.45, 2.75) is 71.4 Å². The van der Waals surface area contributed by atoms with E-state index in [0.717, 1.165) is 5.56 Å². The van der Waals surface area contributed by atoms with E-state index in [4.69, 9.17) is 16.3 Å². The number of nitrogens with zero attached hydrogens (tertiary/aromatic N) is 1. The molecule has 0 radical (unpaired) electrons. The van der Waals surface area contributed by atoms with Gasteiger partial charge in [0.1, 0.15) is 23.8 Å². The number of carbonyl (C=O) groups is 3. The molecular weight excluding hydrogens is 590 g/mol. The average Bonchev–Trinajstić information content (AvgIpc) is 3.14. The summed E-state index contributed by atoms with van der Waals surface area (Å²) in [5.74, 6) is -0.0378. The molecule has 2 aromatic rings. The van der Waals surface area contributed by atoms with E-state index in [1.54, 1.807) is 29.2 Å². The van der Waals surface area contributed by atoms with Gasteiger partial charge in [-0.05, 0) is 47.9 Å². The first-order valence-corrected chi connectivity index (χ1v) is 15.8. The lowest BCUT2D eigenvalue weighted by Gasteiger charge is -2.37. The second-order valence-electron chi connectivity index (χ2n) is 12.5. The number of aliphatic hydroxyl groups is 1. The van der Waals surface area contributed by atoms with Crippen molar-refractivity contribution in [3.63, 3.8) is 0 Å². The molecule has 2 amide bonds. The van der Waals surface area contributed by atoms with E-state index < -0.39 is 6.04 Å². The lowest BCUT2D eigenvalue weighted by molar-refractivity contribution is -0.133. The van der Waals surface area contributed by atoms with Crippen LogP contribution >= 0.6 is 11.6 Å². The number of ketones is 1. The third-order valence-electron chi connectivity index (χ3n) is 8.27. The maximum Gasteiger partial charge on any atom is 0.228 e. The molecule has 2 aliphatic carbocycles. The minimum atomic E-state index is -0.877. The molecule has 0 spiro atoms. The Balaban J connectivity index is 1.57. The quantitative estimate of drug-likeness (QED) is 0.194. The van der Waals surface area contributed by atoms with Gasteiger partial charge >= 0.3 is 0 Å². The number of halogens is 1. The smallest absolute Gasteiger partial charge is 0.228 e. The predicted molar refractivity (Wildman–Crippen MR) is 174 cm³/mol. The van der Waals surface area contributed by atoms with Gasteiger partial charge in [0.05, 0.1) is 11.7 Å². The summed E-state index contributed by atoms with van der Waals surface area (Å²) in [6.45, 7) is 8.52. The fourth-order valence-corrected chi connectivity index (χ4v) is 6.41. The highest BCUT2D eigenvalue weighted by molar-refractivity contribution is 6.31. The Kier molecular flexibility index (Phi) is 9.83. The van der Waals surface area contributed by atoms with E-state index >= 15 is 0 Å². The van der Waals surface area contributed by atoms with Crippen molar-refractivity contribution in [3.8, 4) is 5.75 Å². The van der Waals surface area contributed by atoms with E-state index in [1.165, 1.54) is 0 Å². The summed E-state index contributed by atoms with van der Waals surface area (Å²) in [6.07, 6.45) is 5.85. The van der Waals surface area contributed by atoms with Crippen LogP contribution < -0.4 is 15.4 Å². The number of Topliss-reactive ketones (excluding diaryl/α,β-unsaturated/α-hetero) is 1. The van der Waals surface area contributed by atoms with E-state index in [0.29, 0.717) is 77.8 Å². The fraction of sp³-hybridized carbons (Fsp3) is 0.361. The number of hydrogen-bond donors (Lipinski definition) is 3. The highest BCUT2D eigenvalue weighted by Crippen LogP contribution is 2.49. The molecule has 0 fully saturated rings. The number of aliphatic hydroxyl groups excluding tert-OH is 1. The molecule has 9 heteroatoms. The SMILES string of the molecule is C=CCCNC(=O)CCC(=O)N1C2=CCCC(O)=C2NC2=C(C(=O)CC(C)(C)C2)C1c1ccc(OCc2ccccc2)cc1Cl. The van der Waals surface area contributed by atoms with Crippen LogP contribution in [0.3, 0.4) is 0 Å². The molecule has 0 bridgehead atoms. The van der Waals surface area contributed by atoms with Crippen molar-refractivity contribution < 1.29 is 24.2 Å². The highest BCUT2D eigenvalue weighted by Gasteiger charge is 2.45. The zero-order chi connectivity index (χ0) is 32.1. The Morgan fingerprint density at radius 2 is 1.96 bits per heavy atom. The molecule has 3 aliphatic rings. The normalized spacial score (nSPS) is 19.1. The highest BCUT2D eigenvalue weighted by atomic mass is 35.5. The lowest BCUT2D eigenvalue weighted by Crippen LogP contribution is -2.39. The molecule has 3 N–H and O–H groups in total. The first kappa shape index (κ1) is 32.1. The summed E-state index contributed by atoms with van der Waals surface area (Å²) in [6, 6.07) is 14.2. The lowest BCUT2D eigenvalue weighted by atomic mass is 9.73. The number of hydrogen-bond acceptors (Lipinski definition) is 6. The monoisotopic (exact) mass is 629 g/mol. The molecular formula is C36H40ClN3O5. The van der Waals surface area contributed by atoms with Crippen molar-refractivity contribution >= 4 is 29.2 Å². The molecule has 0 saturated carbocycles. The second-order valence-corrected chi connectivity index (χ2v) is 12.9. The molecule has 1 unspecified atom stereocenters. The summed E-state index contributed by atoms with van der Waals surface area (Å²) in [7, 11) is 0. The number of carbonyl (C=O) groups excluding carboxylic acids is 3. The zero-order valence-corrected chi connectivity index (χ0v) is 26.6. The Morgan fingerprint density at radius 1 is 1.18 bits per heavy atom. The number of benzene rings is 2. The topological polar surface area (TPSA) is 108 Å². The molecule has 236 valence electrons. The van der Waals surface area contributed by atoms with Gasteiger partial charge in [-0.2, -0.15) is 0 Å². The van der Waals surface area contributed by atoms with E-state index in [9.17, 15) is 19.5 Å². The minimum absolute atomic E-state index is 0.0299. The van der Waals surface area contributed by atoms with Crippen LogP contribution in [0.1, 0.15) is 76.0 Å². The van der Waals surface area contributed by atoms with Crippen molar-refractivity contribution in [2.24, 2.45) is 5.41 Å². The summed E-state index contributed by atoms with van der Waals surface area (Å²) in [4.78, 5) is 42.4. The van der Waals surface area contributed by atoms with Crippen LogP contribution in [0.25, 0.3) is 0 Å². The summed E-state index contributed by atoms with van der Waals surface area (Å²) in [5.41, 5.74) is 3.21. The fourth-order valence-electron chi connectivity index (χ4n) is 6.13. The third-order valence-corrected chi connectivity index (χ3v) is 8.60. The standard InChI is InChI=1S/C36H40ClN3O5/c1-4-5-18-38-31(43)16-17-32(44)40-28-12-9-13-29(41)34(28)39-27-20-36(2,3)21-30(42)33(27)35(40)25-15-14-24(19-26(25)37)45-22-23-10-7-6-8-11-23/h4,6-8,10-12,14-15,19,35,39,41H,1,5,9,13,16-18,20-22H2,2-3H3,(H,38,43). The molecule has 1 atom stereocenters. The van der Waals surface area contributed by atoms with E-state index in [2.05, 4.69) is 17.2 Å². The molecule has 0 aromatic heterocycles. The predicted octanol–water partition coefficient (Wildman–Crippen LogP) is 6.95. The Labute approximate surface area is 269 Å². The van der Waals surface area contributed by atoms with Gasteiger partial charge in [-0.1, -0.05) is 74.0 Å². The molecule has 8 nitrogen and oxygen atoms in total. The van der Waals surface area contributed by atoms with Crippen LogP contribution in [0.5, 0.6) is 5.75 Å². The van der Waals surface area contributed by atoms with Crippen molar-refractivity contribution in [1.82, 2.24) is 15.5 Å². The Morgan fingerprint density at radius 3 is 2.69 bits per heavy atom. The first-order valence-electron chi connectivity index (χ1n) is 15.4. The Hall–Kier alpha value is -4.30. The van der Waals surface area contributed by atoms with Gasteiger partial charge in [0.15, 0.2) is 5.78 Å². The van der Waals surface area contributed by atoms with Gasteiger partial charge in [-0.3, -0.25) is 19.3 Å². The molecule has 1 heterocycles. The van der Waals surface area contributed by atoms with Crippen molar-refractivity contribution in [1.29, 1.82) is 0 Å². The molecule has 1 aliphatic heterocycles. The van der Waals surface area contributed by atoms with Crippen LogP contribution in [-0.2, 0) is 21.0 Å². The largest absolute Gasteiger partial charge is 0.510 e. The maximum atomic E-state index is 14.2. The molecule has 0 saturated heterocycles. The number of nitrogens with one attached hydrogen (secondary N) is 2. The Bertz CT molecular complexity index is 1590. The van der Waals surface area contributed by atoms with Gasteiger partial charge in [-0.25, -0.2) is 0 Å². The van der Waals surface area contributed by atoms with Gasteiger partial charge in [0, 0.05) is 48.5 Å². The van der Waals surface area contributed by atoms with Crippen molar-refractivity contribution in [2.75, 3.05) is 6.54 Å². The van der Waals surface area contributed by atoms with Gasteiger partial charge in [0.2, 0.25) is 11.8 Å². The zero-order valence-electron chi connectivity index (χ0n) is 25.8. The summed E-state index contributed by atoms with van der Waals surface area (Å²) < 4.78 is 6.02. The summed E-state index contributed by atoms with van der Waals surface area (Å²) >= 11 is 6.98. The van der Waals surface area contributed by atoms with E-state index in [-0.39, 0.29) is 48.0 Å². The number of amides is 2. The second kappa shape index (κ2) is 13.8. The van der Waals surface area contributed by atoms with Gasteiger partial charge < -0.3 is 20.5 Å². The molecule has 5 rings (SSSR count). The van der Waals surface area contributed by atoms with Crippen LogP contribution in [0.15, 0.2) is 95.7 Å². The maximum absolute atomic E-state index is 14.2. The van der Waals surface area contributed by atoms with Gasteiger partial charge in [0.25, 0.3) is 0 Å². The van der Waals surface area contributed by atoms with Crippen LogP contribution in [0, 0.1) is 5.41 Å². The molecule has 45 heavy (non-hydrogen) atoms. The number of allylic oxidation sites excluding steroid dienone is 3. The number of ether oxygens (including phenoxy) is 1. The van der Waals surface area contributed by atoms with Gasteiger partial charge in [-0.15, -0.1) is 6.58 Å². The van der Waals surface area contributed by atoms with E-state index in [1.807, 2.05) is 50.3 Å². The summed E-state index contributed by atoms with van der Waals surface area (Å²) in [5, 5.41) is 17.6. The number of fused-ring (bicyclic) bond motifs is 1. The van der Waals surface area contributed by atoms with Crippen LogP contribution in [0.4, 0.5) is 0 Å². The molecule has 2 aromatic carbocycles. The number of rotatable bonds is 10. The van der Waals surface area contributed by atoms with Crippen LogP contribution in [0.2, 0.25) is 5.02 Å². The van der Waals surface area contributed by atoms with Crippen LogP contribution in [-0.4, -0.2) is 34.1 Å². The minimum Gasteiger partial charge on any atom is -0.510 e. The van der Waals surface area contributed by atoms with Crippen molar-refractivity contribution in [3.05, 3.63) is 112 Å². The third kappa shape index (κ3) is 7.34. The average molecular weight is 630 g/mol.